The molecule has 1 fully saturated rings. The monoisotopic (exact) mass is 299 g/mol. The van der Waals surface area contributed by atoms with Crippen LogP contribution in [-0.2, 0) is 6.42 Å². The van der Waals surface area contributed by atoms with E-state index in [1.54, 1.807) is 0 Å². The van der Waals surface area contributed by atoms with Crippen LogP contribution in [0.1, 0.15) is 45.1 Å². The molecule has 1 N–H and O–H groups in total. The van der Waals surface area contributed by atoms with Gasteiger partial charge in [-0.05, 0) is 48.9 Å². The minimum Gasteiger partial charge on any atom is -0.313 e. The molecule has 0 aliphatic heterocycles. The highest BCUT2D eigenvalue weighted by atomic mass is 35.5. The number of hydrogen-bond donors (Lipinski definition) is 1. The van der Waals surface area contributed by atoms with Gasteiger partial charge in [0.25, 0.3) is 0 Å². The van der Waals surface area contributed by atoms with Gasteiger partial charge in [-0.1, -0.05) is 56.0 Å². The van der Waals surface area contributed by atoms with Crippen molar-refractivity contribution >= 4 is 23.2 Å². The van der Waals surface area contributed by atoms with Crippen LogP contribution in [0.15, 0.2) is 18.2 Å². The zero-order chi connectivity index (χ0) is 13.9. The van der Waals surface area contributed by atoms with Gasteiger partial charge in [0.15, 0.2) is 0 Å². The molecule has 0 saturated heterocycles. The van der Waals surface area contributed by atoms with E-state index < -0.39 is 0 Å². The summed E-state index contributed by atoms with van der Waals surface area (Å²) < 4.78 is 0. The van der Waals surface area contributed by atoms with Crippen molar-refractivity contribution in [2.75, 3.05) is 6.54 Å². The molecule has 3 heteroatoms. The van der Waals surface area contributed by atoms with Crippen LogP contribution in [0.2, 0.25) is 10.0 Å². The number of halogens is 2. The van der Waals surface area contributed by atoms with Crippen LogP contribution in [0, 0.1) is 5.41 Å². The molecular weight excluding hydrogens is 277 g/mol. The van der Waals surface area contributed by atoms with Gasteiger partial charge in [0.2, 0.25) is 0 Å². The molecule has 0 spiro atoms. The maximum atomic E-state index is 6.12. The predicted molar refractivity (Wildman–Crippen MR) is 84.2 cm³/mol. The zero-order valence-electron chi connectivity index (χ0n) is 11.8. The van der Waals surface area contributed by atoms with Crippen LogP contribution < -0.4 is 5.32 Å². The minimum absolute atomic E-state index is 0.419. The molecule has 106 valence electrons. The fourth-order valence-electron chi connectivity index (χ4n) is 3.24. The Balaban J connectivity index is 2.13. The number of hydrogen-bond acceptors (Lipinski definition) is 1. The second-order valence-corrected chi connectivity index (χ2v) is 6.74. The summed E-state index contributed by atoms with van der Waals surface area (Å²) in [5.74, 6) is 0. The van der Waals surface area contributed by atoms with Crippen molar-refractivity contribution in [3.63, 3.8) is 0 Å². The molecule has 1 unspecified atom stereocenters. The van der Waals surface area contributed by atoms with Gasteiger partial charge in [-0.15, -0.1) is 0 Å². The second-order valence-electron chi connectivity index (χ2n) is 5.92. The molecule has 0 heterocycles. The Morgan fingerprint density at radius 3 is 2.47 bits per heavy atom. The van der Waals surface area contributed by atoms with Gasteiger partial charge in [0, 0.05) is 6.04 Å². The standard InChI is InChI=1S/C16H23Cl2N/c1-3-19-15(16(2)8-4-5-9-16)11-12-6-7-13(17)14(18)10-12/h6-7,10,15,19H,3-5,8-9,11H2,1-2H3. The Bertz CT molecular complexity index is 425. The van der Waals surface area contributed by atoms with Crippen molar-refractivity contribution in [2.24, 2.45) is 5.41 Å². The Kier molecular flexibility index (Phi) is 5.16. The number of benzene rings is 1. The highest BCUT2D eigenvalue weighted by Gasteiger charge is 2.36. The molecular formula is C16H23Cl2N. The summed E-state index contributed by atoms with van der Waals surface area (Å²) in [5, 5.41) is 4.97. The van der Waals surface area contributed by atoms with E-state index in [0.717, 1.165) is 13.0 Å². The summed E-state index contributed by atoms with van der Waals surface area (Å²) in [5.41, 5.74) is 1.69. The summed E-state index contributed by atoms with van der Waals surface area (Å²) in [4.78, 5) is 0. The Labute approximate surface area is 126 Å². The molecule has 1 aliphatic rings. The smallest absolute Gasteiger partial charge is 0.0595 e. The molecule has 0 bridgehead atoms. The zero-order valence-corrected chi connectivity index (χ0v) is 13.3. The molecule has 1 atom stereocenters. The molecule has 0 amide bonds. The van der Waals surface area contributed by atoms with Crippen LogP contribution in [0.4, 0.5) is 0 Å². The van der Waals surface area contributed by atoms with E-state index in [9.17, 15) is 0 Å². The Hall–Kier alpha value is -0.240. The van der Waals surface area contributed by atoms with Gasteiger partial charge in [-0.25, -0.2) is 0 Å². The van der Waals surface area contributed by atoms with Gasteiger partial charge in [-0.2, -0.15) is 0 Å². The minimum atomic E-state index is 0.419. The van der Waals surface area contributed by atoms with E-state index in [-0.39, 0.29) is 0 Å². The van der Waals surface area contributed by atoms with Gasteiger partial charge in [-0.3, -0.25) is 0 Å². The van der Waals surface area contributed by atoms with Crippen LogP contribution in [0.25, 0.3) is 0 Å². The Morgan fingerprint density at radius 1 is 1.21 bits per heavy atom. The fraction of sp³-hybridized carbons (Fsp3) is 0.625. The molecule has 1 nitrogen and oxygen atoms in total. The van der Waals surface area contributed by atoms with Crippen LogP contribution in [0.3, 0.4) is 0 Å². The van der Waals surface area contributed by atoms with Crippen molar-refractivity contribution in [3.8, 4) is 0 Å². The number of likely N-dealkylation sites (N-methyl/N-ethyl adjacent to an activating group) is 1. The highest BCUT2D eigenvalue weighted by molar-refractivity contribution is 6.42. The van der Waals surface area contributed by atoms with Crippen LogP contribution >= 0.6 is 23.2 Å². The van der Waals surface area contributed by atoms with Gasteiger partial charge >= 0.3 is 0 Å². The molecule has 2 rings (SSSR count). The van der Waals surface area contributed by atoms with E-state index in [0.29, 0.717) is 21.5 Å². The second kappa shape index (κ2) is 6.47. The molecule has 19 heavy (non-hydrogen) atoms. The van der Waals surface area contributed by atoms with E-state index >= 15 is 0 Å². The third-order valence-corrected chi connectivity index (χ3v) is 5.20. The third-order valence-electron chi connectivity index (χ3n) is 4.46. The van der Waals surface area contributed by atoms with Gasteiger partial charge < -0.3 is 5.32 Å². The predicted octanol–water partition coefficient (Wildman–Crippen LogP) is 5.09. The fourth-order valence-corrected chi connectivity index (χ4v) is 3.57. The average molecular weight is 300 g/mol. The number of rotatable bonds is 5. The van der Waals surface area contributed by atoms with Crippen LogP contribution in [-0.4, -0.2) is 12.6 Å². The van der Waals surface area contributed by atoms with Crippen molar-refractivity contribution in [1.29, 1.82) is 0 Å². The lowest BCUT2D eigenvalue weighted by Gasteiger charge is -2.35. The quantitative estimate of drug-likeness (QED) is 0.798. The topological polar surface area (TPSA) is 12.0 Å². The largest absolute Gasteiger partial charge is 0.313 e. The molecule has 0 aromatic heterocycles. The molecule has 1 aromatic carbocycles. The van der Waals surface area contributed by atoms with Crippen LogP contribution in [0.5, 0.6) is 0 Å². The number of nitrogens with one attached hydrogen (secondary N) is 1. The first-order valence-electron chi connectivity index (χ1n) is 7.22. The van der Waals surface area contributed by atoms with Gasteiger partial charge in [0.05, 0.1) is 10.0 Å². The van der Waals surface area contributed by atoms with Crippen molar-refractivity contribution in [3.05, 3.63) is 33.8 Å². The SMILES string of the molecule is CCNC(Cc1ccc(Cl)c(Cl)c1)C1(C)CCCC1. The lowest BCUT2D eigenvalue weighted by atomic mass is 9.78. The summed E-state index contributed by atoms with van der Waals surface area (Å²) in [7, 11) is 0. The molecule has 0 radical (unpaired) electrons. The summed E-state index contributed by atoms with van der Waals surface area (Å²) in [6.45, 7) is 5.62. The summed E-state index contributed by atoms with van der Waals surface area (Å²) >= 11 is 12.1. The summed E-state index contributed by atoms with van der Waals surface area (Å²) in [6.07, 6.45) is 6.40. The third kappa shape index (κ3) is 3.65. The molecule has 1 aromatic rings. The molecule has 1 aliphatic carbocycles. The van der Waals surface area contributed by atoms with E-state index in [1.165, 1.54) is 31.2 Å². The van der Waals surface area contributed by atoms with E-state index in [4.69, 9.17) is 23.2 Å². The first kappa shape index (κ1) is 15.2. The highest BCUT2D eigenvalue weighted by Crippen LogP contribution is 2.41. The maximum Gasteiger partial charge on any atom is 0.0595 e. The van der Waals surface area contributed by atoms with Crippen molar-refractivity contribution < 1.29 is 0 Å². The lowest BCUT2D eigenvalue weighted by molar-refractivity contribution is 0.222. The Morgan fingerprint density at radius 2 is 1.89 bits per heavy atom. The molecule has 1 saturated carbocycles. The maximum absolute atomic E-state index is 6.12. The summed E-state index contributed by atoms with van der Waals surface area (Å²) in [6, 6.07) is 6.53. The van der Waals surface area contributed by atoms with E-state index in [2.05, 4.69) is 25.2 Å². The van der Waals surface area contributed by atoms with Gasteiger partial charge in [0.1, 0.15) is 0 Å². The van der Waals surface area contributed by atoms with Crippen molar-refractivity contribution in [2.45, 2.75) is 52.0 Å². The lowest BCUT2D eigenvalue weighted by Crippen LogP contribution is -2.43. The average Bonchev–Trinajstić information content (AvgIpc) is 2.81. The first-order valence-corrected chi connectivity index (χ1v) is 7.98. The van der Waals surface area contributed by atoms with E-state index in [1.807, 2.05) is 12.1 Å². The van der Waals surface area contributed by atoms with Crippen molar-refractivity contribution in [1.82, 2.24) is 5.32 Å². The normalized spacial score (nSPS) is 19.6. The first-order chi connectivity index (χ1) is 9.05.